The van der Waals surface area contributed by atoms with Crippen molar-refractivity contribution in [1.82, 2.24) is 19.8 Å². The third-order valence-corrected chi connectivity index (χ3v) is 8.90. The smallest absolute Gasteiger partial charge is 0.314 e. The molecule has 2 saturated heterocycles. The molecule has 0 saturated carbocycles. The van der Waals surface area contributed by atoms with Crippen LogP contribution in [0, 0.1) is 17.2 Å². The fourth-order valence-corrected chi connectivity index (χ4v) is 6.92. The van der Waals surface area contributed by atoms with Crippen LogP contribution in [0.5, 0.6) is 0 Å². The van der Waals surface area contributed by atoms with Gasteiger partial charge >= 0.3 is 11.8 Å². The van der Waals surface area contributed by atoms with Crippen LogP contribution in [0.3, 0.4) is 0 Å². The second-order valence-electron chi connectivity index (χ2n) is 11.0. The summed E-state index contributed by atoms with van der Waals surface area (Å²) in [6.45, 7) is 7.05. The number of carbonyl (C=O) groups excluding carboxylic acids is 2. The molecule has 0 aliphatic carbocycles. The van der Waals surface area contributed by atoms with E-state index in [1.807, 2.05) is 0 Å². The van der Waals surface area contributed by atoms with Gasteiger partial charge in [-0.3, -0.25) is 14.6 Å². The van der Waals surface area contributed by atoms with Crippen LogP contribution in [0.2, 0.25) is 0 Å². The molecular weight excluding hydrogens is 498 g/mol. The number of hydrogen-bond donors (Lipinski definition) is 3. The molecule has 1 aromatic carbocycles. The standard InChI is InChI=1S/C28H35N7O2S/c1-16-4-6-23(35(14-16)28(37)26(36)32-22-12-31-11-20(10-29)25(22)30)18-5-7-24-21(9-18)33-27(38-24)19-8-17(2)13-34(3)15-19/h5,7,9-12,16-17,19,23,29H,4,6,8,13-15H2,1-3H3,(H2,30,31)(H,32,36)/t16-,17?,19?,23+/m0/s1. The average Bonchev–Trinajstić information content (AvgIpc) is 3.32. The van der Waals surface area contributed by atoms with Crippen LogP contribution in [-0.2, 0) is 9.59 Å². The molecule has 2 aliphatic heterocycles. The van der Waals surface area contributed by atoms with E-state index in [1.165, 1.54) is 17.4 Å². The van der Waals surface area contributed by atoms with E-state index in [0.717, 1.165) is 54.3 Å². The summed E-state index contributed by atoms with van der Waals surface area (Å²) >= 11 is 1.77. The lowest BCUT2D eigenvalue weighted by atomic mass is 9.89. The lowest BCUT2D eigenvalue weighted by molar-refractivity contribution is -0.146. The van der Waals surface area contributed by atoms with Gasteiger partial charge in [-0.25, -0.2) is 4.98 Å². The van der Waals surface area contributed by atoms with E-state index >= 15 is 0 Å². The van der Waals surface area contributed by atoms with E-state index in [4.69, 9.17) is 16.1 Å². The van der Waals surface area contributed by atoms with Crippen molar-refractivity contribution in [2.45, 2.75) is 45.1 Å². The van der Waals surface area contributed by atoms with Crippen molar-refractivity contribution in [3.05, 3.63) is 46.7 Å². The zero-order valence-electron chi connectivity index (χ0n) is 22.1. The highest BCUT2D eigenvalue weighted by molar-refractivity contribution is 7.18. The van der Waals surface area contributed by atoms with Crippen LogP contribution >= 0.6 is 11.3 Å². The van der Waals surface area contributed by atoms with E-state index in [9.17, 15) is 9.59 Å². The molecule has 2 aliphatic rings. The van der Waals surface area contributed by atoms with Crippen LogP contribution in [-0.4, -0.2) is 64.5 Å². The minimum absolute atomic E-state index is 0.205. The summed E-state index contributed by atoms with van der Waals surface area (Å²) in [5.74, 6) is 0.0209. The molecule has 10 heteroatoms. The lowest BCUT2D eigenvalue weighted by Crippen LogP contribution is -2.46. The minimum Gasteiger partial charge on any atom is -0.396 e. The molecular formula is C28H35N7O2S. The number of nitrogens with two attached hydrogens (primary N) is 1. The van der Waals surface area contributed by atoms with E-state index in [0.29, 0.717) is 23.9 Å². The van der Waals surface area contributed by atoms with Crippen molar-refractivity contribution >= 4 is 51.0 Å². The average molecular weight is 534 g/mol. The Morgan fingerprint density at radius 1 is 1.16 bits per heavy atom. The number of fused-ring (bicyclic) bond motifs is 1. The monoisotopic (exact) mass is 533 g/mol. The van der Waals surface area contributed by atoms with Gasteiger partial charge in [0, 0.05) is 43.5 Å². The number of aromatic nitrogens is 2. The fraction of sp³-hybridized carbons (Fsp3) is 0.464. The predicted molar refractivity (Wildman–Crippen MR) is 152 cm³/mol. The molecule has 9 nitrogen and oxygen atoms in total. The van der Waals surface area contributed by atoms with Gasteiger partial charge in [0.15, 0.2) is 0 Å². The number of rotatable bonds is 4. The van der Waals surface area contributed by atoms with Crippen molar-refractivity contribution in [2.75, 3.05) is 37.7 Å². The van der Waals surface area contributed by atoms with Gasteiger partial charge in [-0.15, -0.1) is 11.3 Å². The Balaban J connectivity index is 1.38. The number of likely N-dealkylation sites (N-methyl/N-ethyl adjacent to an activating group) is 1. The maximum atomic E-state index is 13.4. The first-order valence-electron chi connectivity index (χ1n) is 13.2. The first-order valence-corrected chi connectivity index (χ1v) is 14.0. The summed E-state index contributed by atoms with van der Waals surface area (Å²) in [4.78, 5) is 39.6. The molecule has 200 valence electrons. The van der Waals surface area contributed by atoms with Gasteiger partial charge in [-0.2, -0.15) is 0 Å². The summed E-state index contributed by atoms with van der Waals surface area (Å²) in [5, 5.41) is 11.2. The van der Waals surface area contributed by atoms with Gasteiger partial charge in [-0.05, 0) is 55.8 Å². The van der Waals surface area contributed by atoms with Crippen molar-refractivity contribution in [3.63, 3.8) is 0 Å². The SMILES string of the molecule is CC1CC(c2nc3cc([C@H]4CC[C@H](C)CN4C(=O)C(=O)Nc4cncc(C=N)c4N)ccc3s2)CN(C)C1. The highest BCUT2D eigenvalue weighted by Crippen LogP contribution is 2.38. The maximum Gasteiger partial charge on any atom is 0.314 e. The molecule has 4 N–H and O–H groups in total. The predicted octanol–water partition coefficient (Wildman–Crippen LogP) is 4.26. The number of nitrogens with zero attached hydrogens (tertiary/aromatic N) is 4. The maximum absolute atomic E-state index is 13.4. The van der Waals surface area contributed by atoms with Crippen LogP contribution in [0.4, 0.5) is 11.4 Å². The van der Waals surface area contributed by atoms with Crippen molar-refractivity contribution in [3.8, 4) is 0 Å². The van der Waals surface area contributed by atoms with E-state index in [1.54, 1.807) is 16.2 Å². The zero-order valence-corrected chi connectivity index (χ0v) is 22.9. The lowest BCUT2D eigenvalue weighted by Gasteiger charge is -2.38. The number of carbonyl (C=O) groups is 2. The van der Waals surface area contributed by atoms with Crippen molar-refractivity contribution in [2.24, 2.45) is 11.8 Å². The summed E-state index contributed by atoms with van der Waals surface area (Å²) < 4.78 is 1.15. The summed E-state index contributed by atoms with van der Waals surface area (Å²) in [5.41, 5.74) is 8.83. The highest BCUT2D eigenvalue weighted by atomic mass is 32.1. The Morgan fingerprint density at radius 2 is 1.97 bits per heavy atom. The number of benzene rings is 1. The molecule has 0 spiro atoms. The van der Waals surface area contributed by atoms with Gasteiger partial charge in [-0.1, -0.05) is 19.9 Å². The first-order chi connectivity index (χ1) is 18.2. The Kier molecular flexibility index (Phi) is 7.45. The molecule has 2 amide bonds. The molecule has 0 bridgehead atoms. The number of thiazole rings is 1. The number of piperidine rings is 2. The minimum atomic E-state index is -0.757. The number of nitrogen functional groups attached to an aromatic ring is 1. The Labute approximate surface area is 226 Å². The molecule has 5 rings (SSSR count). The number of hydrogen-bond acceptors (Lipinski definition) is 8. The van der Waals surface area contributed by atoms with Crippen molar-refractivity contribution < 1.29 is 9.59 Å². The quantitative estimate of drug-likeness (QED) is 0.339. The third kappa shape index (κ3) is 5.28. The van der Waals surface area contributed by atoms with Crippen LogP contribution in [0.15, 0.2) is 30.6 Å². The summed E-state index contributed by atoms with van der Waals surface area (Å²) in [6.07, 6.45) is 6.80. The fourth-order valence-electron chi connectivity index (χ4n) is 5.87. The zero-order chi connectivity index (χ0) is 27.0. The first kappa shape index (κ1) is 26.2. The topological polar surface area (TPSA) is 128 Å². The molecule has 4 atom stereocenters. The van der Waals surface area contributed by atoms with Crippen LogP contribution in [0.25, 0.3) is 10.2 Å². The molecule has 2 fully saturated rings. The number of likely N-dealkylation sites (tertiary alicyclic amines) is 2. The summed E-state index contributed by atoms with van der Waals surface area (Å²) in [7, 11) is 2.18. The third-order valence-electron chi connectivity index (χ3n) is 7.70. The normalized spacial score (nSPS) is 24.3. The molecule has 4 heterocycles. The molecule has 0 radical (unpaired) electrons. The van der Waals surface area contributed by atoms with Gasteiger partial charge in [0.25, 0.3) is 0 Å². The van der Waals surface area contributed by atoms with Gasteiger partial charge in [0.1, 0.15) is 0 Å². The Hall–Kier alpha value is -3.37. The van der Waals surface area contributed by atoms with Gasteiger partial charge < -0.3 is 26.3 Å². The van der Waals surface area contributed by atoms with Crippen LogP contribution in [0.1, 0.15) is 61.2 Å². The largest absolute Gasteiger partial charge is 0.396 e. The second-order valence-corrected chi connectivity index (χ2v) is 12.0. The molecule has 2 unspecified atom stereocenters. The molecule has 2 aromatic heterocycles. The highest BCUT2D eigenvalue weighted by Gasteiger charge is 2.35. The number of nitrogens with one attached hydrogen (secondary N) is 2. The van der Waals surface area contributed by atoms with E-state index in [2.05, 4.69) is 54.3 Å². The van der Waals surface area contributed by atoms with E-state index in [-0.39, 0.29) is 23.3 Å². The van der Waals surface area contributed by atoms with Crippen LogP contribution < -0.4 is 11.1 Å². The number of anilines is 2. The second kappa shape index (κ2) is 10.8. The summed E-state index contributed by atoms with van der Waals surface area (Å²) in [6, 6.07) is 6.08. The number of pyridine rings is 1. The molecule has 38 heavy (non-hydrogen) atoms. The van der Waals surface area contributed by atoms with E-state index < -0.39 is 11.8 Å². The Morgan fingerprint density at radius 3 is 2.74 bits per heavy atom. The van der Waals surface area contributed by atoms with Gasteiger partial charge in [0.2, 0.25) is 0 Å². The van der Waals surface area contributed by atoms with Crippen molar-refractivity contribution in [1.29, 1.82) is 5.41 Å². The number of amides is 2. The Bertz CT molecular complexity index is 1360. The molecule has 3 aromatic rings. The van der Waals surface area contributed by atoms with Gasteiger partial charge in [0.05, 0.1) is 38.8 Å².